The van der Waals surface area contributed by atoms with Crippen molar-refractivity contribution in [1.29, 1.82) is 0 Å². The summed E-state index contributed by atoms with van der Waals surface area (Å²) in [5, 5.41) is 0. The van der Waals surface area contributed by atoms with Crippen LogP contribution in [-0.4, -0.2) is 12.1 Å². The van der Waals surface area contributed by atoms with Gasteiger partial charge in [-0.1, -0.05) is 34.1 Å². The normalized spacial score (nSPS) is 15.3. The second-order valence-electron chi connectivity index (χ2n) is 3.99. The molecule has 0 spiro atoms. The summed E-state index contributed by atoms with van der Waals surface area (Å²) in [5.41, 5.74) is 7.05. The Labute approximate surface area is 99.9 Å². The average molecular weight is 272 g/mol. The molecule has 1 aromatic rings. The lowest BCUT2D eigenvalue weighted by molar-refractivity contribution is -0.00551. The van der Waals surface area contributed by atoms with Gasteiger partial charge in [0.1, 0.15) is 0 Å². The maximum atomic E-state index is 5.94. The summed E-state index contributed by atoms with van der Waals surface area (Å²) in [6.45, 7) is 6.00. The molecule has 0 radical (unpaired) electrons. The lowest BCUT2D eigenvalue weighted by Crippen LogP contribution is -2.29. The summed E-state index contributed by atoms with van der Waals surface area (Å²) >= 11 is 3.52. The fraction of sp³-hybridized carbons (Fsp3) is 0.500. The fourth-order valence-electron chi connectivity index (χ4n) is 1.48. The third kappa shape index (κ3) is 3.59. The maximum absolute atomic E-state index is 5.94. The highest BCUT2D eigenvalue weighted by atomic mass is 79.9. The first-order valence-corrected chi connectivity index (χ1v) is 5.97. The standard InChI is InChI=1S/C12H18BrNO/c1-8(2)15-12(9(3)14)10-6-4-5-7-11(10)13/h4-9,12H,14H2,1-3H3. The average Bonchev–Trinajstić information content (AvgIpc) is 2.15. The van der Waals surface area contributed by atoms with Gasteiger partial charge in [0.05, 0.1) is 12.2 Å². The second-order valence-corrected chi connectivity index (χ2v) is 4.84. The molecule has 15 heavy (non-hydrogen) atoms. The van der Waals surface area contributed by atoms with E-state index in [0.717, 1.165) is 10.0 Å². The monoisotopic (exact) mass is 271 g/mol. The van der Waals surface area contributed by atoms with Gasteiger partial charge in [-0.2, -0.15) is 0 Å². The minimum absolute atomic E-state index is 0.0221. The number of nitrogens with two attached hydrogens (primary N) is 1. The topological polar surface area (TPSA) is 35.2 Å². The molecule has 0 fully saturated rings. The molecule has 2 nitrogen and oxygen atoms in total. The SMILES string of the molecule is CC(C)OC(c1ccccc1Br)C(C)N. The van der Waals surface area contributed by atoms with Gasteiger partial charge >= 0.3 is 0 Å². The zero-order chi connectivity index (χ0) is 11.4. The molecule has 0 saturated carbocycles. The van der Waals surface area contributed by atoms with Gasteiger partial charge < -0.3 is 10.5 Å². The molecule has 0 aliphatic rings. The Balaban J connectivity index is 2.94. The molecule has 0 aromatic heterocycles. The van der Waals surface area contributed by atoms with E-state index < -0.39 is 0 Å². The Morgan fingerprint density at radius 3 is 2.27 bits per heavy atom. The van der Waals surface area contributed by atoms with Crippen LogP contribution in [0.3, 0.4) is 0 Å². The van der Waals surface area contributed by atoms with Gasteiger partial charge in [0, 0.05) is 10.5 Å². The van der Waals surface area contributed by atoms with E-state index in [0.29, 0.717) is 0 Å². The quantitative estimate of drug-likeness (QED) is 0.913. The number of hydrogen-bond donors (Lipinski definition) is 1. The summed E-state index contributed by atoms with van der Waals surface area (Å²) in [6, 6.07) is 8.01. The summed E-state index contributed by atoms with van der Waals surface area (Å²) in [7, 11) is 0. The van der Waals surface area contributed by atoms with Crippen LogP contribution in [0.5, 0.6) is 0 Å². The highest BCUT2D eigenvalue weighted by Gasteiger charge is 2.20. The molecule has 0 amide bonds. The van der Waals surface area contributed by atoms with Crippen molar-refractivity contribution in [2.75, 3.05) is 0 Å². The van der Waals surface area contributed by atoms with Gasteiger partial charge in [-0.3, -0.25) is 0 Å². The summed E-state index contributed by atoms with van der Waals surface area (Å²) < 4.78 is 6.87. The first kappa shape index (κ1) is 12.7. The molecule has 0 aliphatic carbocycles. The number of hydrogen-bond acceptors (Lipinski definition) is 2. The number of benzene rings is 1. The Hall–Kier alpha value is -0.380. The van der Waals surface area contributed by atoms with Crippen LogP contribution in [0.15, 0.2) is 28.7 Å². The Morgan fingerprint density at radius 1 is 1.20 bits per heavy atom. The van der Waals surface area contributed by atoms with Crippen LogP contribution in [0.25, 0.3) is 0 Å². The van der Waals surface area contributed by atoms with Crippen molar-refractivity contribution in [2.45, 2.75) is 39.0 Å². The molecule has 0 aliphatic heterocycles. The molecule has 2 N–H and O–H groups in total. The first-order valence-electron chi connectivity index (χ1n) is 5.18. The molecule has 3 heteroatoms. The molecule has 0 heterocycles. The van der Waals surface area contributed by atoms with Crippen LogP contribution < -0.4 is 5.73 Å². The van der Waals surface area contributed by atoms with Crippen molar-refractivity contribution in [2.24, 2.45) is 5.73 Å². The van der Waals surface area contributed by atoms with E-state index in [1.54, 1.807) is 0 Å². The van der Waals surface area contributed by atoms with Gasteiger partial charge in [-0.15, -0.1) is 0 Å². The minimum atomic E-state index is -0.0550. The highest BCUT2D eigenvalue weighted by Crippen LogP contribution is 2.28. The summed E-state index contributed by atoms with van der Waals surface area (Å²) in [5.74, 6) is 0. The van der Waals surface area contributed by atoms with Gasteiger partial charge in [-0.05, 0) is 32.4 Å². The lowest BCUT2D eigenvalue weighted by Gasteiger charge is -2.25. The van der Waals surface area contributed by atoms with Crippen LogP contribution in [0.2, 0.25) is 0 Å². The van der Waals surface area contributed by atoms with Gasteiger partial charge in [0.15, 0.2) is 0 Å². The maximum Gasteiger partial charge on any atom is 0.0987 e. The molecule has 1 rings (SSSR count). The Morgan fingerprint density at radius 2 is 1.80 bits per heavy atom. The van der Waals surface area contributed by atoms with Crippen LogP contribution in [0, 0.1) is 0 Å². The van der Waals surface area contributed by atoms with Crippen molar-refractivity contribution < 1.29 is 4.74 Å². The van der Waals surface area contributed by atoms with Crippen LogP contribution in [-0.2, 0) is 4.74 Å². The van der Waals surface area contributed by atoms with Gasteiger partial charge in [-0.25, -0.2) is 0 Å². The first-order chi connectivity index (χ1) is 7.02. The van der Waals surface area contributed by atoms with Crippen molar-refractivity contribution in [1.82, 2.24) is 0 Å². The van der Waals surface area contributed by atoms with E-state index in [9.17, 15) is 0 Å². The van der Waals surface area contributed by atoms with Crippen molar-refractivity contribution >= 4 is 15.9 Å². The Kier molecular flexibility index (Phi) is 4.77. The minimum Gasteiger partial charge on any atom is -0.369 e. The second kappa shape index (κ2) is 5.64. The largest absolute Gasteiger partial charge is 0.369 e. The molecular weight excluding hydrogens is 254 g/mol. The number of halogens is 1. The smallest absolute Gasteiger partial charge is 0.0987 e. The lowest BCUT2D eigenvalue weighted by atomic mass is 10.0. The van der Waals surface area contributed by atoms with Crippen LogP contribution in [0.4, 0.5) is 0 Å². The third-order valence-electron chi connectivity index (χ3n) is 2.11. The van der Waals surface area contributed by atoms with Gasteiger partial charge in [0.25, 0.3) is 0 Å². The summed E-state index contributed by atoms with van der Waals surface area (Å²) in [6.07, 6.45) is 0.119. The Bertz CT molecular complexity index is 312. The molecular formula is C12H18BrNO. The van der Waals surface area contributed by atoms with Crippen molar-refractivity contribution in [3.05, 3.63) is 34.3 Å². The summed E-state index contributed by atoms with van der Waals surface area (Å²) in [4.78, 5) is 0. The van der Waals surface area contributed by atoms with E-state index in [4.69, 9.17) is 10.5 Å². The van der Waals surface area contributed by atoms with Crippen LogP contribution >= 0.6 is 15.9 Å². The highest BCUT2D eigenvalue weighted by molar-refractivity contribution is 9.10. The van der Waals surface area contributed by atoms with Crippen molar-refractivity contribution in [3.8, 4) is 0 Å². The van der Waals surface area contributed by atoms with E-state index in [1.165, 1.54) is 0 Å². The molecule has 0 bridgehead atoms. The van der Waals surface area contributed by atoms with Crippen LogP contribution in [0.1, 0.15) is 32.4 Å². The molecule has 84 valence electrons. The van der Waals surface area contributed by atoms with Gasteiger partial charge in [0.2, 0.25) is 0 Å². The van der Waals surface area contributed by atoms with E-state index in [-0.39, 0.29) is 18.2 Å². The third-order valence-corrected chi connectivity index (χ3v) is 2.83. The fourth-order valence-corrected chi connectivity index (χ4v) is 1.99. The van der Waals surface area contributed by atoms with E-state index in [1.807, 2.05) is 45.0 Å². The molecule has 2 atom stereocenters. The van der Waals surface area contributed by atoms with E-state index in [2.05, 4.69) is 15.9 Å². The number of rotatable bonds is 4. The zero-order valence-electron chi connectivity index (χ0n) is 9.41. The molecule has 1 aromatic carbocycles. The molecule has 2 unspecified atom stereocenters. The predicted octanol–water partition coefficient (Wildman–Crippen LogP) is 3.26. The molecule has 0 saturated heterocycles. The number of ether oxygens (including phenoxy) is 1. The van der Waals surface area contributed by atoms with E-state index >= 15 is 0 Å². The predicted molar refractivity (Wildman–Crippen MR) is 66.8 cm³/mol. The van der Waals surface area contributed by atoms with Crippen molar-refractivity contribution in [3.63, 3.8) is 0 Å². The zero-order valence-corrected chi connectivity index (χ0v) is 11.0.